The number of unbranched alkanes of at least 4 members (excludes halogenated alkanes) is 1. The molecule has 0 rings (SSSR count). The van der Waals surface area contributed by atoms with Crippen molar-refractivity contribution in [1.29, 1.82) is 5.26 Å². The van der Waals surface area contributed by atoms with E-state index in [4.69, 9.17) is 25.2 Å². The van der Waals surface area contributed by atoms with Crippen LogP contribution in [-0.4, -0.2) is 45.7 Å². The van der Waals surface area contributed by atoms with Gasteiger partial charge in [0, 0.05) is 26.9 Å². The number of ether oxygens (including phenoxy) is 3. The molecule has 0 saturated carbocycles. The Morgan fingerprint density at radius 2 is 1.61 bits per heavy atom. The Bertz CT molecular complexity index is 227. The summed E-state index contributed by atoms with van der Waals surface area (Å²) in [5.74, 6) is 0. The number of nitriles is 1. The molecule has 1 unspecified atom stereocenters. The Kier molecular flexibility index (Phi) is 11.0. The van der Waals surface area contributed by atoms with Crippen LogP contribution in [0.25, 0.3) is 0 Å². The van der Waals surface area contributed by atoms with Crippen molar-refractivity contribution < 1.29 is 14.2 Å². The number of hydrogen-bond donors (Lipinski definition) is 1. The van der Waals surface area contributed by atoms with Gasteiger partial charge in [-0.2, -0.15) is 5.26 Å². The number of nitrogens with two attached hydrogens (primary N) is 1. The Labute approximate surface area is 110 Å². The fraction of sp³-hybridized carbons (Fsp3) is 0.923. The summed E-state index contributed by atoms with van der Waals surface area (Å²) < 4.78 is 15.6. The van der Waals surface area contributed by atoms with Crippen LogP contribution >= 0.6 is 0 Å². The molecule has 0 saturated heterocycles. The van der Waals surface area contributed by atoms with E-state index < -0.39 is 5.54 Å². The SMILES string of the molecule is COCCOCCCOCCCCC(C)(N)C#N. The van der Waals surface area contributed by atoms with Gasteiger partial charge in [0.25, 0.3) is 0 Å². The van der Waals surface area contributed by atoms with Gasteiger partial charge in [-0.3, -0.25) is 0 Å². The normalized spacial score (nSPS) is 14.1. The molecular formula is C13H26N2O3. The van der Waals surface area contributed by atoms with E-state index in [-0.39, 0.29) is 0 Å². The predicted octanol–water partition coefficient (Wildman–Crippen LogP) is 1.47. The highest BCUT2D eigenvalue weighted by Crippen LogP contribution is 2.09. The second-order valence-electron chi connectivity index (χ2n) is 4.56. The number of nitrogens with zero attached hydrogens (tertiary/aromatic N) is 1. The van der Waals surface area contributed by atoms with Gasteiger partial charge in [0.15, 0.2) is 0 Å². The maximum absolute atomic E-state index is 8.73. The molecule has 0 aromatic carbocycles. The van der Waals surface area contributed by atoms with Gasteiger partial charge >= 0.3 is 0 Å². The molecular weight excluding hydrogens is 232 g/mol. The fourth-order valence-electron chi connectivity index (χ4n) is 1.36. The highest BCUT2D eigenvalue weighted by molar-refractivity contribution is 5.00. The van der Waals surface area contributed by atoms with Crippen molar-refractivity contribution in [3.63, 3.8) is 0 Å². The lowest BCUT2D eigenvalue weighted by molar-refractivity contribution is 0.0507. The Hall–Kier alpha value is -0.670. The Morgan fingerprint density at radius 1 is 1.00 bits per heavy atom. The van der Waals surface area contributed by atoms with Gasteiger partial charge in [0.05, 0.1) is 19.3 Å². The molecule has 106 valence electrons. The standard InChI is InChI=1S/C13H26N2O3/c1-13(15,12-14)6-3-4-7-17-8-5-9-18-11-10-16-2/h3-11,15H2,1-2H3. The van der Waals surface area contributed by atoms with Gasteiger partial charge in [0.2, 0.25) is 0 Å². The lowest BCUT2D eigenvalue weighted by Gasteiger charge is -2.14. The summed E-state index contributed by atoms with van der Waals surface area (Å²) in [7, 11) is 1.66. The summed E-state index contributed by atoms with van der Waals surface area (Å²) in [5.41, 5.74) is 5.01. The lowest BCUT2D eigenvalue weighted by Crippen LogP contribution is -2.33. The zero-order chi connectivity index (χ0) is 13.7. The summed E-state index contributed by atoms with van der Waals surface area (Å²) in [6.07, 6.45) is 3.48. The minimum Gasteiger partial charge on any atom is -0.382 e. The molecule has 0 fully saturated rings. The average Bonchev–Trinajstić information content (AvgIpc) is 2.36. The minimum absolute atomic E-state index is 0.637. The van der Waals surface area contributed by atoms with E-state index >= 15 is 0 Å². The van der Waals surface area contributed by atoms with E-state index in [0.717, 1.165) is 25.9 Å². The first kappa shape index (κ1) is 17.3. The molecule has 2 N–H and O–H groups in total. The van der Waals surface area contributed by atoms with Gasteiger partial charge < -0.3 is 19.9 Å². The maximum Gasteiger partial charge on any atom is 0.101 e. The molecule has 0 aliphatic rings. The van der Waals surface area contributed by atoms with E-state index in [2.05, 4.69) is 6.07 Å². The van der Waals surface area contributed by atoms with Gasteiger partial charge in [-0.15, -0.1) is 0 Å². The summed E-state index contributed by atoms with van der Waals surface area (Å²) in [6, 6.07) is 2.09. The molecule has 5 heteroatoms. The second-order valence-corrected chi connectivity index (χ2v) is 4.56. The number of methoxy groups -OCH3 is 1. The molecule has 0 radical (unpaired) electrons. The van der Waals surface area contributed by atoms with Crippen LogP contribution in [0.15, 0.2) is 0 Å². The molecule has 0 aliphatic heterocycles. The van der Waals surface area contributed by atoms with Crippen molar-refractivity contribution in [2.24, 2.45) is 5.73 Å². The third-order valence-corrected chi connectivity index (χ3v) is 2.50. The summed E-state index contributed by atoms with van der Waals surface area (Å²) in [6.45, 7) is 5.17. The zero-order valence-electron chi connectivity index (χ0n) is 11.6. The molecule has 0 bridgehead atoms. The predicted molar refractivity (Wildman–Crippen MR) is 70.2 cm³/mol. The van der Waals surface area contributed by atoms with E-state index in [1.165, 1.54) is 0 Å². The van der Waals surface area contributed by atoms with Crippen LogP contribution < -0.4 is 5.73 Å². The second kappa shape index (κ2) is 11.4. The highest BCUT2D eigenvalue weighted by atomic mass is 16.5. The van der Waals surface area contributed by atoms with Crippen LogP contribution in [0.5, 0.6) is 0 Å². The summed E-state index contributed by atoms with van der Waals surface area (Å²) >= 11 is 0. The van der Waals surface area contributed by atoms with E-state index in [1.807, 2.05) is 0 Å². The largest absolute Gasteiger partial charge is 0.382 e. The van der Waals surface area contributed by atoms with Crippen LogP contribution in [0.2, 0.25) is 0 Å². The first-order chi connectivity index (χ1) is 8.62. The molecule has 0 spiro atoms. The van der Waals surface area contributed by atoms with Crippen LogP contribution in [-0.2, 0) is 14.2 Å². The third-order valence-electron chi connectivity index (χ3n) is 2.50. The smallest absolute Gasteiger partial charge is 0.101 e. The maximum atomic E-state index is 8.73. The molecule has 18 heavy (non-hydrogen) atoms. The number of rotatable bonds is 12. The summed E-state index contributed by atoms with van der Waals surface area (Å²) in [5, 5.41) is 8.73. The van der Waals surface area contributed by atoms with Gasteiger partial charge in [-0.1, -0.05) is 0 Å². The topological polar surface area (TPSA) is 77.5 Å². The minimum atomic E-state index is -0.699. The molecule has 0 aromatic heterocycles. The molecule has 0 aromatic rings. The van der Waals surface area contributed by atoms with Crippen molar-refractivity contribution in [2.75, 3.05) is 40.1 Å². The van der Waals surface area contributed by atoms with Gasteiger partial charge in [-0.25, -0.2) is 0 Å². The monoisotopic (exact) mass is 258 g/mol. The molecule has 1 atom stereocenters. The van der Waals surface area contributed by atoms with Crippen molar-refractivity contribution in [3.05, 3.63) is 0 Å². The van der Waals surface area contributed by atoms with Crippen LogP contribution in [0.1, 0.15) is 32.6 Å². The molecule has 0 aliphatic carbocycles. The quantitative estimate of drug-likeness (QED) is 0.536. The van der Waals surface area contributed by atoms with Crippen molar-refractivity contribution in [2.45, 2.75) is 38.1 Å². The molecule has 0 heterocycles. The van der Waals surface area contributed by atoms with E-state index in [0.29, 0.717) is 32.8 Å². The Morgan fingerprint density at radius 3 is 2.22 bits per heavy atom. The van der Waals surface area contributed by atoms with Crippen molar-refractivity contribution >= 4 is 0 Å². The highest BCUT2D eigenvalue weighted by Gasteiger charge is 2.15. The van der Waals surface area contributed by atoms with E-state index in [9.17, 15) is 0 Å². The van der Waals surface area contributed by atoms with Crippen molar-refractivity contribution in [3.8, 4) is 6.07 Å². The average molecular weight is 258 g/mol. The number of hydrogen-bond acceptors (Lipinski definition) is 5. The fourth-order valence-corrected chi connectivity index (χ4v) is 1.36. The van der Waals surface area contributed by atoms with E-state index in [1.54, 1.807) is 14.0 Å². The summed E-state index contributed by atoms with van der Waals surface area (Å²) in [4.78, 5) is 0. The first-order valence-electron chi connectivity index (χ1n) is 6.47. The van der Waals surface area contributed by atoms with Crippen molar-refractivity contribution in [1.82, 2.24) is 0 Å². The van der Waals surface area contributed by atoms with Crippen LogP contribution in [0.4, 0.5) is 0 Å². The Balaban J connectivity index is 3.11. The first-order valence-corrected chi connectivity index (χ1v) is 6.47. The van der Waals surface area contributed by atoms with Crippen LogP contribution in [0.3, 0.4) is 0 Å². The van der Waals surface area contributed by atoms with Gasteiger partial charge in [-0.05, 0) is 32.6 Å². The molecule has 5 nitrogen and oxygen atoms in total. The lowest BCUT2D eigenvalue weighted by atomic mass is 9.98. The zero-order valence-corrected chi connectivity index (χ0v) is 11.6. The van der Waals surface area contributed by atoms with Crippen LogP contribution in [0, 0.1) is 11.3 Å². The van der Waals surface area contributed by atoms with Gasteiger partial charge in [0.1, 0.15) is 5.54 Å². The third kappa shape index (κ3) is 11.8. The molecule has 0 amide bonds.